The van der Waals surface area contributed by atoms with Crippen LogP contribution in [0.15, 0.2) is 24.4 Å². The Bertz CT molecular complexity index is 1040. The van der Waals surface area contributed by atoms with Crippen molar-refractivity contribution < 1.29 is 4.79 Å². The molecule has 1 atom stereocenters. The summed E-state index contributed by atoms with van der Waals surface area (Å²) in [5.41, 5.74) is 1.33. The Hall–Kier alpha value is -2.70. The highest BCUT2D eigenvalue weighted by Gasteiger charge is 2.37. The Morgan fingerprint density at radius 2 is 2.00 bits per heavy atom. The molecule has 7 heteroatoms. The van der Waals surface area contributed by atoms with E-state index < -0.39 is 0 Å². The van der Waals surface area contributed by atoms with Crippen molar-refractivity contribution in [1.82, 2.24) is 29.2 Å². The highest BCUT2D eigenvalue weighted by Crippen LogP contribution is 2.40. The topological polar surface area (TPSA) is 68.8 Å². The van der Waals surface area contributed by atoms with Gasteiger partial charge in [-0.15, -0.1) is 0 Å². The van der Waals surface area contributed by atoms with E-state index in [2.05, 4.69) is 18.8 Å². The molecule has 0 aromatic carbocycles. The predicted molar refractivity (Wildman–Crippen MR) is 106 cm³/mol. The zero-order valence-electron chi connectivity index (χ0n) is 16.7. The van der Waals surface area contributed by atoms with Crippen LogP contribution >= 0.6 is 0 Å². The van der Waals surface area contributed by atoms with Gasteiger partial charge in [0.1, 0.15) is 17.2 Å². The average Bonchev–Trinajstić information content (AvgIpc) is 3.33. The maximum Gasteiger partial charge on any atom is 0.273 e. The monoisotopic (exact) mass is 378 g/mol. The van der Waals surface area contributed by atoms with E-state index >= 15 is 0 Å². The number of hydrogen-bond donors (Lipinski definition) is 0. The molecular weight excluding hydrogens is 352 g/mol. The summed E-state index contributed by atoms with van der Waals surface area (Å²) in [6.07, 6.45) is 5.21. The Kier molecular flexibility index (Phi) is 4.00. The van der Waals surface area contributed by atoms with Gasteiger partial charge in [0, 0.05) is 31.1 Å². The number of rotatable bonds is 4. The highest BCUT2D eigenvalue weighted by molar-refractivity contribution is 5.94. The molecule has 0 bridgehead atoms. The molecule has 0 saturated heterocycles. The lowest BCUT2D eigenvalue weighted by atomic mass is 9.99. The van der Waals surface area contributed by atoms with E-state index in [1.807, 2.05) is 45.6 Å². The van der Waals surface area contributed by atoms with Crippen molar-refractivity contribution in [2.45, 2.75) is 51.6 Å². The minimum absolute atomic E-state index is 0.0176. The molecule has 1 saturated carbocycles. The van der Waals surface area contributed by atoms with Crippen molar-refractivity contribution >= 4 is 16.9 Å². The first-order valence-electron chi connectivity index (χ1n) is 10.2. The van der Waals surface area contributed by atoms with Gasteiger partial charge in [-0.05, 0) is 43.4 Å². The first-order chi connectivity index (χ1) is 13.5. The molecule has 1 fully saturated rings. The van der Waals surface area contributed by atoms with Crippen LogP contribution in [0.4, 0.5) is 0 Å². The first kappa shape index (κ1) is 17.4. The van der Waals surface area contributed by atoms with Gasteiger partial charge in [-0.1, -0.05) is 13.8 Å². The van der Waals surface area contributed by atoms with E-state index in [0.29, 0.717) is 30.6 Å². The van der Waals surface area contributed by atoms with Gasteiger partial charge in [0.05, 0.1) is 12.6 Å². The number of carbonyl (C=O) groups is 1. The zero-order valence-corrected chi connectivity index (χ0v) is 16.7. The second-order valence-corrected chi connectivity index (χ2v) is 8.51. The molecule has 146 valence electrons. The van der Waals surface area contributed by atoms with Gasteiger partial charge in [0.25, 0.3) is 5.91 Å². The molecule has 3 aromatic heterocycles. The van der Waals surface area contributed by atoms with Crippen molar-refractivity contribution in [1.29, 1.82) is 0 Å². The van der Waals surface area contributed by atoms with Gasteiger partial charge in [-0.2, -0.15) is 5.10 Å². The summed E-state index contributed by atoms with van der Waals surface area (Å²) in [5.74, 6) is 2.85. The van der Waals surface area contributed by atoms with Crippen molar-refractivity contribution in [2.24, 2.45) is 13.0 Å². The average molecular weight is 378 g/mol. The fourth-order valence-electron chi connectivity index (χ4n) is 4.12. The molecule has 0 N–H and O–H groups in total. The number of aryl methyl sites for hydroxylation is 1. The van der Waals surface area contributed by atoms with E-state index in [9.17, 15) is 4.79 Å². The predicted octanol–water partition coefficient (Wildman–Crippen LogP) is 3.29. The van der Waals surface area contributed by atoms with Crippen LogP contribution in [0.3, 0.4) is 0 Å². The number of hydrogen-bond acceptors (Lipinski definition) is 4. The van der Waals surface area contributed by atoms with Crippen LogP contribution in [0.2, 0.25) is 0 Å². The zero-order chi connectivity index (χ0) is 19.4. The van der Waals surface area contributed by atoms with Crippen LogP contribution in [0.25, 0.3) is 11.0 Å². The van der Waals surface area contributed by atoms with Crippen LogP contribution in [0, 0.1) is 5.92 Å². The number of nitrogens with zero attached hydrogens (tertiary/aromatic N) is 6. The van der Waals surface area contributed by atoms with Crippen LogP contribution in [0.1, 0.15) is 67.2 Å². The molecule has 5 rings (SSSR count). The number of carbonyl (C=O) groups excluding carboxylic acids is 1. The van der Waals surface area contributed by atoms with Gasteiger partial charge >= 0.3 is 0 Å². The van der Waals surface area contributed by atoms with E-state index in [-0.39, 0.29) is 11.9 Å². The minimum Gasteiger partial charge on any atom is -0.336 e. The fourth-order valence-corrected chi connectivity index (χ4v) is 4.12. The third-order valence-corrected chi connectivity index (χ3v) is 5.78. The van der Waals surface area contributed by atoms with Gasteiger partial charge in [-0.25, -0.2) is 14.6 Å². The summed E-state index contributed by atoms with van der Waals surface area (Å²) in [6, 6.07) is 5.78. The maximum atomic E-state index is 13.4. The van der Waals surface area contributed by atoms with Crippen molar-refractivity contribution in [3.63, 3.8) is 0 Å². The van der Waals surface area contributed by atoms with Crippen LogP contribution in [0.5, 0.6) is 0 Å². The molecule has 1 aliphatic heterocycles. The number of aromatic nitrogens is 5. The molecule has 3 aromatic rings. The van der Waals surface area contributed by atoms with Gasteiger partial charge in [0.2, 0.25) is 0 Å². The smallest absolute Gasteiger partial charge is 0.273 e. The highest BCUT2D eigenvalue weighted by atomic mass is 16.2. The quantitative estimate of drug-likeness (QED) is 0.699. The van der Waals surface area contributed by atoms with E-state index in [0.717, 1.165) is 29.1 Å². The van der Waals surface area contributed by atoms with Crippen molar-refractivity contribution in [2.75, 3.05) is 6.54 Å². The van der Waals surface area contributed by atoms with Gasteiger partial charge < -0.3 is 9.47 Å². The largest absolute Gasteiger partial charge is 0.336 e. The summed E-state index contributed by atoms with van der Waals surface area (Å²) < 4.78 is 3.98. The molecule has 0 spiro atoms. The molecule has 7 nitrogen and oxygen atoms in total. The summed E-state index contributed by atoms with van der Waals surface area (Å²) >= 11 is 0. The number of fused-ring (bicyclic) bond motifs is 2. The van der Waals surface area contributed by atoms with Crippen LogP contribution < -0.4 is 0 Å². The van der Waals surface area contributed by atoms with Crippen molar-refractivity contribution in [3.05, 3.63) is 41.7 Å². The Morgan fingerprint density at radius 3 is 2.75 bits per heavy atom. The second kappa shape index (κ2) is 6.43. The fraction of sp³-hybridized carbons (Fsp3) is 0.524. The molecule has 0 radical (unpaired) electrons. The summed E-state index contributed by atoms with van der Waals surface area (Å²) in [5, 5.41) is 5.78. The summed E-state index contributed by atoms with van der Waals surface area (Å²) in [4.78, 5) is 24.9. The Morgan fingerprint density at radius 1 is 1.18 bits per heavy atom. The third kappa shape index (κ3) is 2.89. The molecule has 1 amide bonds. The first-order valence-corrected chi connectivity index (χ1v) is 10.2. The Labute approximate surface area is 164 Å². The van der Waals surface area contributed by atoms with Gasteiger partial charge in [-0.3, -0.25) is 4.79 Å². The Balaban J connectivity index is 1.50. The normalized spacial score (nSPS) is 19.4. The van der Waals surface area contributed by atoms with Crippen LogP contribution in [-0.2, 0) is 13.6 Å². The maximum absolute atomic E-state index is 13.4. The molecule has 4 heterocycles. The van der Waals surface area contributed by atoms with Crippen LogP contribution in [-0.4, -0.2) is 41.7 Å². The standard InChI is InChI=1S/C21H26N6O/c1-13(2)12-17-20-23-18(14-4-5-14)24-27(20)11-10-26(17)21(28)16-7-6-15-8-9-25(3)19(15)22-16/h6-9,13-14,17H,4-5,10-12H2,1-3H3/t17-/m0/s1. The second-order valence-electron chi connectivity index (χ2n) is 8.51. The minimum atomic E-state index is -0.0489. The third-order valence-electron chi connectivity index (χ3n) is 5.78. The summed E-state index contributed by atoms with van der Waals surface area (Å²) in [7, 11) is 1.95. The van der Waals surface area contributed by atoms with E-state index in [1.54, 1.807) is 0 Å². The summed E-state index contributed by atoms with van der Waals surface area (Å²) in [6.45, 7) is 5.72. The molecule has 0 unspecified atom stereocenters. The van der Waals surface area contributed by atoms with E-state index in [1.165, 1.54) is 12.8 Å². The lowest BCUT2D eigenvalue weighted by Gasteiger charge is -2.35. The molecule has 1 aliphatic carbocycles. The lowest BCUT2D eigenvalue weighted by Crippen LogP contribution is -2.43. The lowest BCUT2D eigenvalue weighted by molar-refractivity contribution is 0.0573. The number of pyridine rings is 1. The van der Waals surface area contributed by atoms with Crippen molar-refractivity contribution in [3.8, 4) is 0 Å². The molecule has 2 aliphatic rings. The molecular formula is C21H26N6O. The van der Waals surface area contributed by atoms with E-state index in [4.69, 9.17) is 10.1 Å². The SMILES string of the molecule is CC(C)C[C@H]1c2nc(C3CC3)nn2CCN1C(=O)c1ccc2ccn(C)c2n1. The van der Waals surface area contributed by atoms with Gasteiger partial charge in [0.15, 0.2) is 5.82 Å². The number of amides is 1. The molecule has 28 heavy (non-hydrogen) atoms.